The average molecular weight is 296 g/mol. The Morgan fingerprint density at radius 1 is 1.18 bits per heavy atom. The van der Waals surface area contributed by atoms with Gasteiger partial charge in [0.15, 0.2) is 0 Å². The van der Waals surface area contributed by atoms with Crippen LogP contribution in [0.15, 0.2) is 42.5 Å². The maximum absolute atomic E-state index is 13.3. The molecule has 0 aliphatic carbocycles. The summed E-state index contributed by atoms with van der Waals surface area (Å²) in [6.45, 7) is 4.34. The molecule has 0 atom stereocenters. The number of carbonyl (C=O) groups is 1. The molecule has 3 rings (SSSR count). The third kappa shape index (κ3) is 2.60. The monoisotopic (exact) mass is 296 g/mol. The lowest BCUT2D eigenvalue weighted by molar-refractivity contribution is 0.0946. The van der Waals surface area contributed by atoms with Crippen molar-refractivity contribution in [2.24, 2.45) is 0 Å². The molecule has 0 aliphatic heterocycles. The third-order valence-electron chi connectivity index (χ3n) is 3.95. The highest BCUT2D eigenvalue weighted by molar-refractivity contribution is 6.00. The van der Waals surface area contributed by atoms with Gasteiger partial charge >= 0.3 is 0 Å². The van der Waals surface area contributed by atoms with Gasteiger partial charge in [-0.05, 0) is 48.7 Å². The maximum atomic E-state index is 13.3. The van der Waals surface area contributed by atoms with Gasteiger partial charge in [0, 0.05) is 17.4 Å². The molecule has 3 nitrogen and oxygen atoms in total. The lowest BCUT2D eigenvalue weighted by atomic mass is 10.1. The molecule has 0 unspecified atom stereocenters. The maximum Gasteiger partial charge on any atom is 0.268 e. The van der Waals surface area contributed by atoms with Gasteiger partial charge in [-0.1, -0.05) is 24.3 Å². The predicted molar refractivity (Wildman–Crippen MR) is 85.3 cm³/mol. The number of nitrogens with one attached hydrogen (secondary N) is 2. The van der Waals surface area contributed by atoms with Crippen LogP contribution in [0.1, 0.15) is 27.2 Å². The molecule has 0 fully saturated rings. The van der Waals surface area contributed by atoms with E-state index in [4.69, 9.17) is 0 Å². The Bertz CT molecular complexity index is 851. The average Bonchev–Trinajstić information content (AvgIpc) is 2.82. The predicted octanol–water partition coefficient (Wildman–Crippen LogP) is 3.85. The summed E-state index contributed by atoms with van der Waals surface area (Å²) in [5.74, 6) is -0.502. The summed E-state index contributed by atoms with van der Waals surface area (Å²) >= 11 is 0. The van der Waals surface area contributed by atoms with Crippen LogP contribution in [-0.2, 0) is 6.54 Å². The first-order valence-electron chi connectivity index (χ1n) is 7.17. The zero-order valence-corrected chi connectivity index (χ0v) is 12.5. The van der Waals surface area contributed by atoms with E-state index in [0.717, 1.165) is 22.1 Å². The molecule has 112 valence electrons. The normalized spacial score (nSPS) is 10.9. The van der Waals surface area contributed by atoms with Crippen molar-refractivity contribution < 1.29 is 9.18 Å². The number of fused-ring (bicyclic) bond motifs is 1. The Balaban J connectivity index is 1.83. The minimum absolute atomic E-state index is 0.183. The molecule has 0 bridgehead atoms. The Kier molecular flexibility index (Phi) is 3.67. The smallest absolute Gasteiger partial charge is 0.268 e. The van der Waals surface area contributed by atoms with Gasteiger partial charge in [0.05, 0.1) is 0 Å². The number of H-pyrrole nitrogens is 1. The van der Waals surface area contributed by atoms with Crippen molar-refractivity contribution in [3.05, 3.63) is 70.7 Å². The van der Waals surface area contributed by atoms with E-state index >= 15 is 0 Å². The molecular formula is C18H17FN2O. The number of aryl methyl sites for hydroxylation is 2. The fourth-order valence-corrected chi connectivity index (χ4v) is 2.61. The van der Waals surface area contributed by atoms with Gasteiger partial charge in [0.2, 0.25) is 0 Å². The second kappa shape index (κ2) is 5.64. The quantitative estimate of drug-likeness (QED) is 0.757. The molecule has 0 radical (unpaired) electrons. The van der Waals surface area contributed by atoms with Crippen molar-refractivity contribution >= 4 is 16.8 Å². The van der Waals surface area contributed by atoms with Crippen molar-refractivity contribution in [3.63, 3.8) is 0 Å². The summed E-state index contributed by atoms with van der Waals surface area (Å²) in [6.07, 6.45) is 0. The molecule has 2 N–H and O–H groups in total. The van der Waals surface area contributed by atoms with E-state index in [1.165, 1.54) is 12.1 Å². The van der Waals surface area contributed by atoms with Gasteiger partial charge in [-0.15, -0.1) is 0 Å². The van der Waals surface area contributed by atoms with Gasteiger partial charge in [-0.2, -0.15) is 0 Å². The first-order chi connectivity index (χ1) is 10.6. The SMILES string of the molecule is Cc1ccccc1CNC(=O)c1[nH]c2cc(F)ccc2c1C. The summed E-state index contributed by atoms with van der Waals surface area (Å²) < 4.78 is 13.3. The van der Waals surface area contributed by atoms with E-state index in [0.29, 0.717) is 17.8 Å². The summed E-state index contributed by atoms with van der Waals surface area (Å²) in [7, 11) is 0. The highest BCUT2D eigenvalue weighted by Crippen LogP contribution is 2.22. The zero-order chi connectivity index (χ0) is 15.7. The van der Waals surface area contributed by atoms with Crippen LogP contribution in [0.25, 0.3) is 10.9 Å². The van der Waals surface area contributed by atoms with Crippen LogP contribution in [0.5, 0.6) is 0 Å². The number of hydrogen-bond acceptors (Lipinski definition) is 1. The van der Waals surface area contributed by atoms with Crippen molar-refractivity contribution in [2.75, 3.05) is 0 Å². The number of rotatable bonds is 3. The fourth-order valence-electron chi connectivity index (χ4n) is 2.61. The number of carbonyl (C=O) groups excluding carboxylic acids is 1. The Morgan fingerprint density at radius 2 is 1.95 bits per heavy atom. The molecule has 0 spiro atoms. The summed E-state index contributed by atoms with van der Waals surface area (Å²) in [4.78, 5) is 15.4. The Hall–Kier alpha value is -2.62. The van der Waals surface area contributed by atoms with E-state index in [-0.39, 0.29) is 11.7 Å². The molecule has 0 saturated carbocycles. The van der Waals surface area contributed by atoms with E-state index in [1.807, 2.05) is 38.1 Å². The first-order valence-corrected chi connectivity index (χ1v) is 7.17. The van der Waals surface area contributed by atoms with Gasteiger partial charge in [-0.3, -0.25) is 4.79 Å². The molecule has 3 aromatic rings. The van der Waals surface area contributed by atoms with Gasteiger partial charge < -0.3 is 10.3 Å². The molecule has 1 heterocycles. The second-order valence-electron chi connectivity index (χ2n) is 5.42. The second-order valence-corrected chi connectivity index (χ2v) is 5.42. The number of aromatic nitrogens is 1. The highest BCUT2D eigenvalue weighted by Gasteiger charge is 2.15. The standard InChI is InChI=1S/C18H17FN2O/c1-11-5-3-4-6-13(11)10-20-18(22)17-12(2)15-8-7-14(19)9-16(15)21-17/h3-9,21H,10H2,1-2H3,(H,20,22). The van der Waals surface area contributed by atoms with Crippen molar-refractivity contribution in [3.8, 4) is 0 Å². The molecule has 4 heteroatoms. The minimum atomic E-state index is -0.319. The molecule has 1 amide bonds. The topological polar surface area (TPSA) is 44.9 Å². The number of aromatic amines is 1. The van der Waals surface area contributed by atoms with E-state index in [9.17, 15) is 9.18 Å². The Morgan fingerprint density at radius 3 is 2.73 bits per heavy atom. The van der Waals surface area contributed by atoms with Gasteiger partial charge in [-0.25, -0.2) is 4.39 Å². The third-order valence-corrected chi connectivity index (χ3v) is 3.95. The first kappa shape index (κ1) is 14.3. The highest BCUT2D eigenvalue weighted by atomic mass is 19.1. The van der Waals surface area contributed by atoms with Crippen LogP contribution in [0, 0.1) is 19.7 Å². The number of hydrogen-bond donors (Lipinski definition) is 2. The summed E-state index contributed by atoms with van der Waals surface area (Å²) in [5.41, 5.74) is 4.17. The number of benzene rings is 2. The van der Waals surface area contributed by atoms with Crippen LogP contribution >= 0.6 is 0 Å². The van der Waals surface area contributed by atoms with Crippen molar-refractivity contribution in [2.45, 2.75) is 20.4 Å². The van der Waals surface area contributed by atoms with Crippen LogP contribution < -0.4 is 5.32 Å². The lowest BCUT2D eigenvalue weighted by Crippen LogP contribution is -2.24. The van der Waals surface area contributed by atoms with Crippen LogP contribution in [0.3, 0.4) is 0 Å². The van der Waals surface area contributed by atoms with Crippen LogP contribution in [0.2, 0.25) is 0 Å². The summed E-state index contributed by atoms with van der Waals surface area (Å²) in [6, 6.07) is 12.4. The van der Waals surface area contributed by atoms with E-state index in [2.05, 4.69) is 10.3 Å². The molecule has 2 aromatic carbocycles. The largest absolute Gasteiger partial charge is 0.350 e. The van der Waals surface area contributed by atoms with Crippen molar-refractivity contribution in [1.82, 2.24) is 10.3 Å². The molecule has 1 aromatic heterocycles. The number of halogens is 1. The van der Waals surface area contributed by atoms with Crippen molar-refractivity contribution in [1.29, 1.82) is 0 Å². The summed E-state index contributed by atoms with van der Waals surface area (Å²) in [5, 5.41) is 3.77. The molecule has 22 heavy (non-hydrogen) atoms. The fraction of sp³-hybridized carbons (Fsp3) is 0.167. The van der Waals surface area contributed by atoms with Gasteiger partial charge in [0.25, 0.3) is 5.91 Å². The van der Waals surface area contributed by atoms with Gasteiger partial charge in [0.1, 0.15) is 11.5 Å². The minimum Gasteiger partial charge on any atom is -0.350 e. The molecular weight excluding hydrogens is 279 g/mol. The number of amides is 1. The molecule has 0 saturated heterocycles. The van der Waals surface area contributed by atoms with Crippen LogP contribution in [-0.4, -0.2) is 10.9 Å². The molecule has 0 aliphatic rings. The Labute approximate surface area is 128 Å². The lowest BCUT2D eigenvalue weighted by Gasteiger charge is -2.07. The van der Waals surface area contributed by atoms with Crippen LogP contribution in [0.4, 0.5) is 4.39 Å². The zero-order valence-electron chi connectivity index (χ0n) is 12.5. The van der Waals surface area contributed by atoms with E-state index < -0.39 is 0 Å². The van der Waals surface area contributed by atoms with E-state index in [1.54, 1.807) is 6.07 Å².